The molecule has 1 aromatic carbocycles. The topological polar surface area (TPSA) is 103 Å². The van der Waals surface area contributed by atoms with Crippen LogP contribution in [0.1, 0.15) is 34.5 Å². The van der Waals surface area contributed by atoms with Crippen molar-refractivity contribution in [3.8, 4) is 11.8 Å². The van der Waals surface area contributed by atoms with Gasteiger partial charge in [-0.2, -0.15) is 27.2 Å². The van der Waals surface area contributed by atoms with Gasteiger partial charge in [-0.3, -0.25) is 4.79 Å². The van der Waals surface area contributed by atoms with Crippen LogP contribution in [-0.4, -0.2) is 35.0 Å². The fraction of sp³-hybridized carbons (Fsp3) is 0.412. The van der Waals surface area contributed by atoms with Gasteiger partial charge in [0.2, 0.25) is 8.38 Å². The van der Waals surface area contributed by atoms with E-state index in [9.17, 15) is 26.7 Å². The number of alkyl halides is 5. The number of hydrogen-bond acceptors (Lipinski definition) is 6. The number of ether oxygens (including phenoxy) is 1. The number of fused-ring (bicyclic) bond motifs is 1. The van der Waals surface area contributed by atoms with E-state index in [0.717, 1.165) is 0 Å². The number of benzene rings is 1. The molecular weight excluding hydrogens is 534 g/mol. The summed E-state index contributed by atoms with van der Waals surface area (Å²) in [5.41, 5.74) is -4.01. The number of nitrogens with one attached hydrogen (secondary N) is 1. The first-order valence-electron chi connectivity index (χ1n) is 8.55. The Morgan fingerprint density at radius 2 is 1.97 bits per heavy atom. The number of carbonyl (C=O) groups excluding carboxylic acids is 1. The summed E-state index contributed by atoms with van der Waals surface area (Å²) in [6.07, 6.45) is -5.86. The van der Waals surface area contributed by atoms with E-state index in [1.165, 1.54) is 12.1 Å². The summed E-state index contributed by atoms with van der Waals surface area (Å²) in [6.45, 7) is -0.356. The van der Waals surface area contributed by atoms with Gasteiger partial charge in [-0.25, -0.2) is 0 Å². The van der Waals surface area contributed by atoms with Gasteiger partial charge in [0, 0.05) is 28.4 Å². The van der Waals surface area contributed by atoms with E-state index < -0.39 is 43.8 Å². The van der Waals surface area contributed by atoms with Gasteiger partial charge >= 0.3 is 11.8 Å². The second kappa shape index (κ2) is 10.4. The van der Waals surface area contributed by atoms with Crippen molar-refractivity contribution in [2.75, 3.05) is 13.2 Å². The van der Waals surface area contributed by atoms with Crippen molar-refractivity contribution < 1.29 is 41.3 Å². The predicted molar refractivity (Wildman–Crippen MR) is 108 cm³/mol. The fourth-order valence-corrected chi connectivity index (χ4v) is 5.23. The highest BCUT2D eigenvalue weighted by molar-refractivity contribution is 9.10. The van der Waals surface area contributed by atoms with Gasteiger partial charge in [-0.15, -0.1) is 11.3 Å². The van der Waals surface area contributed by atoms with Crippen LogP contribution in [0.4, 0.5) is 22.0 Å². The monoisotopic (exact) mass is 548 g/mol. The molecule has 3 N–H and O–H groups in total. The van der Waals surface area contributed by atoms with E-state index >= 15 is 0 Å². The van der Waals surface area contributed by atoms with Gasteiger partial charge in [-0.05, 0) is 34.5 Å². The molecule has 2 rings (SSSR count). The first-order chi connectivity index (χ1) is 14.4. The Kier molecular flexibility index (Phi) is 8.58. The average molecular weight is 549 g/mol. The molecule has 0 atom stereocenters. The minimum absolute atomic E-state index is 0.0279. The third kappa shape index (κ3) is 6.46. The molecule has 31 heavy (non-hydrogen) atoms. The zero-order chi connectivity index (χ0) is 23.4. The van der Waals surface area contributed by atoms with Crippen molar-refractivity contribution >= 4 is 51.6 Å². The standard InChI is InChI=1S/C17H15BrF5N2O4PS/c18-12-10-7-9(15(26)25-5-2-4-24)8-11(29-6-1-3-16(19,20)21)13(10)31-14(12)17(22,23)30(27)28/h7-8,27-28H,1-3,5-6H2,(H,25,26). The average Bonchev–Trinajstić information content (AvgIpc) is 3.02. The molecule has 0 aliphatic heterocycles. The van der Waals surface area contributed by atoms with Gasteiger partial charge in [0.1, 0.15) is 5.75 Å². The van der Waals surface area contributed by atoms with Crippen LogP contribution >= 0.6 is 35.6 Å². The summed E-state index contributed by atoms with van der Waals surface area (Å²) in [5.74, 6) is -0.742. The lowest BCUT2D eigenvalue weighted by atomic mass is 10.1. The Balaban J connectivity index is 2.46. The van der Waals surface area contributed by atoms with Crippen LogP contribution in [0.3, 0.4) is 0 Å². The first kappa shape index (κ1) is 25.7. The SMILES string of the molecule is N#CCCNC(=O)c1cc(OCCCC(F)(F)F)c2sc(C(F)(F)P(O)O)c(Br)c2c1. The second-order valence-corrected chi connectivity index (χ2v) is 9.11. The number of halogens is 6. The van der Waals surface area contributed by atoms with E-state index in [1.54, 1.807) is 0 Å². The van der Waals surface area contributed by atoms with E-state index in [2.05, 4.69) is 21.2 Å². The molecule has 1 aromatic heterocycles. The third-order valence-corrected chi connectivity index (χ3v) is 7.12. The van der Waals surface area contributed by atoms with Crippen molar-refractivity contribution in [1.29, 1.82) is 5.26 Å². The van der Waals surface area contributed by atoms with Crippen LogP contribution in [-0.2, 0) is 5.66 Å². The Bertz CT molecular complexity index is 994. The lowest BCUT2D eigenvalue weighted by Crippen LogP contribution is -2.24. The molecule has 6 nitrogen and oxygen atoms in total. The van der Waals surface area contributed by atoms with Gasteiger partial charge < -0.3 is 19.8 Å². The predicted octanol–water partition coefficient (Wildman–Crippen LogP) is 5.37. The largest absolute Gasteiger partial charge is 0.492 e. The van der Waals surface area contributed by atoms with Gasteiger partial charge in [-0.1, -0.05) is 0 Å². The lowest BCUT2D eigenvalue weighted by molar-refractivity contribution is -0.136. The number of rotatable bonds is 9. The van der Waals surface area contributed by atoms with Crippen LogP contribution in [0.5, 0.6) is 5.75 Å². The number of thiophene rings is 1. The van der Waals surface area contributed by atoms with Crippen molar-refractivity contribution in [2.24, 2.45) is 0 Å². The van der Waals surface area contributed by atoms with Crippen molar-refractivity contribution in [3.05, 3.63) is 27.0 Å². The van der Waals surface area contributed by atoms with Crippen LogP contribution < -0.4 is 10.1 Å². The normalized spacial score (nSPS) is 12.3. The van der Waals surface area contributed by atoms with Crippen molar-refractivity contribution in [3.63, 3.8) is 0 Å². The maximum Gasteiger partial charge on any atom is 0.389 e. The molecule has 2 aromatic rings. The summed E-state index contributed by atoms with van der Waals surface area (Å²) in [6, 6.07) is 4.29. The van der Waals surface area contributed by atoms with Crippen LogP contribution in [0.15, 0.2) is 16.6 Å². The molecule has 0 unspecified atom stereocenters. The molecule has 0 bridgehead atoms. The van der Waals surface area contributed by atoms with Gasteiger partial charge in [0.25, 0.3) is 5.91 Å². The molecule has 0 aliphatic rings. The molecule has 1 amide bonds. The highest BCUT2D eigenvalue weighted by atomic mass is 79.9. The van der Waals surface area contributed by atoms with Gasteiger partial charge in [0.05, 0.1) is 28.7 Å². The number of nitriles is 1. The molecule has 0 radical (unpaired) electrons. The lowest BCUT2D eigenvalue weighted by Gasteiger charge is -2.15. The summed E-state index contributed by atoms with van der Waals surface area (Å²) >= 11 is 3.45. The Morgan fingerprint density at radius 3 is 2.55 bits per heavy atom. The van der Waals surface area contributed by atoms with Gasteiger partial charge in [0.15, 0.2) is 0 Å². The van der Waals surface area contributed by atoms with E-state index in [0.29, 0.717) is 11.3 Å². The quantitative estimate of drug-likeness (QED) is 0.222. The highest BCUT2D eigenvalue weighted by Gasteiger charge is 2.45. The molecular formula is C17H15BrF5N2O4PS. The molecule has 14 heteroatoms. The van der Waals surface area contributed by atoms with Crippen LogP contribution in [0, 0.1) is 11.3 Å². The fourth-order valence-electron chi connectivity index (χ4n) is 2.45. The molecule has 0 saturated heterocycles. The molecule has 0 aliphatic carbocycles. The molecule has 170 valence electrons. The molecule has 0 fully saturated rings. The zero-order valence-corrected chi connectivity index (χ0v) is 18.8. The Morgan fingerprint density at radius 1 is 1.29 bits per heavy atom. The highest BCUT2D eigenvalue weighted by Crippen LogP contribution is 2.58. The number of carbonyl (C=O) groups is 1. The molecule has 1 heterocycles. The Hall–Kier alpha value is -1.58. The summed E-state index contributed by atoms with van der Waals surface area (Å²) in [5, 5.41) is 11.1. The second-order valence-electron chi connectivity index (χ2n) is 6.16. The van der Waals surface area contributed by atoms with E-state index in [1.807, 2.05) is 6.07 Å². The molecule has 0 saturated carbocycles. The Labute approximate surface area is 186 Å². The van der Waals surface area contributed by atoms with Crippen molar-refractivity contribution in [1.82, 2.24) is 5.32 Å². The number of nitrogens with zero attached hydrogens (tertiary/aromatic N) is 1. The van der Waals surface area contributed by atoms with Crippen LogP contribution in [0.25, 0.3) is 10.1 Å². The first-order valence-corrected chi connectivity index (χ1v) is 11.4. The summed E-state index contributed by atoms with van der Waals surface area (Å²) in [7, 11) is -3.67. The third-order valence-electron chi connectivity index (χ3n) is 3.87. The van der Waals surface area contributed by atoms with E-state index in [-0.39, 0.29) is 45.4 Å². The number of amides is 1. The zero-order valence-electron chi connectivity index (χ0n) is 15.5. The maximum atomic E-state index is 14.2. The summed E-state index contributed by atoms with van der Waals surface area (Å²) in [4.78, 5) is 29.8. The van der Waals surface area contributed by atoms with Crippen molar-refractivity contribution in [2.45, 2.75) is 31.1 Å². The minimum Gasteiger partial charge on any atom is -0.492 e. The smallest absolute Gasteiger partial charge is 0.389 e. The van der Waals surface area contributed by atoms with Crippen LogP contribution in [0.2, 0.25) is 0 Å². The van der Waals surface area contributed by atoms with E-state index in [4.69, 9.17) is 19.8 Å². The molecule has 0 spiro atoms. The maximum absolute atomic E-state index is 14.2. The summed E-state index contributed by atoms with van der Waals surface area (Å²) < 4.78 is 70.8. The number of hydrogen-bond donors (Lipinski definition) is 3. The minimum atomic E-state index is -4.39.